The average Bonchev–Trinajstić information content (AvgIpc) is 3.10. The van der Waals surface area contributed by atoms with Crippen molar-refractivity contribution in [2.24, 2.45) is 5.92 Å². The first-order valence-electron chi connectivity index (χ1n) is 6.25. The number of methoxy groups -OCH3 is 1. The van der Waals surface area contributed by atoms with Gasteiger partial charge in [0.1, 0.15) is 5.75 Å². The van der Waals surface area contributed by atoms with Crippen LogP contribution in [0, 0.1) is 5.92 Å². The first-order valence-corrected chi connectivity index (χ1v) is 7.04. The number of rotatable bonds is 6. The summed E-state index contributed by atoms with van der Waals surface area (Å²) < 4.78 is 6.47. The fraction of sp³-hybridized carbons (Fsp3) is 0.571. The lowest BCUT2D eigenvalue weighted by Crippen LogP contribution is -2.26. The van der Waals surface area contributed by atoms with Gasteiger partial charge in [0, 0.05) is 22.6 Å². The average molecular weight is 298 g/mol. The second-order valence-corrected chi connectivity index (χ2v) is 5.83. The molecule has 2 nitrogen and oxygen atoms in total. The first kappa shape index (κ1) is 12.9. The summed E-state index contributed by atoms with van der Waals surface area (Å²) in [6, 6.07) is 6.73. The minimum absolute atomic E-state index is 0.589. The van der Waals surface area contributed by atoms with Crippen LogP contribution in [0.1, 0.15) is 31.7 Å². The van der Waals surface area contributed by atoms with Crippen molar-refractivity contribution in [1.29, 1.82) is 0 Å². The normalized spacial score (nSPS) is 16.9. The molecule has 1 aromatic rings. The Bertz CT molecular complexity index is 376. The monoisotopic (exact) mass is 297 g/mol. The molecule has 0 spiro atoms. The molecule has 0 heterocycles. The van der Waals surface area contributed by atoms with Crippen LogP contribution in [0.15, 0.2) is 22.7 Å². The second kappa shape index (κ2) is 5.87. The molecule has 1 saturated carbocycles. The van der Waals surface area contributed by atoms with E-state index in [4.69, 9.17) is 4.74 Å². The molecule has 1 fully saturated rings. The lowest BCUT2D eigenvalue weighted by molar-refractivity contribution is 0.403. The van der Waals surface area contributed by atoms with Crippen LogP contribution in [0.5, 0.6) is 5.75 Å². The Morgan fingerprint density at radius 1 is 1.47 bits per heavy atom. The Morgan fingerprint density at radius 2 is 2.24 bits per heavy atom. The molecule has 0 aromatic heterocycles. The molecule has 0 radical (unpaired) electrons. The maximum Gasteiger partial charge on any atom is 0.123 e. The molecule has 0 bridgehead atoms. The van der Waals surface area contributed by atoms with Crippen LogP contribution in [-0.2, 0) is 6.54 Å². The van der Waals surface area contributed by atoms with Gasteiger partial charge in [-0.25, -0.2) is 0 Å². The van der Waals surface area contributed by atoms with E-state index in [9.17, 15) is 0 Å². The van der Waals surface area contributed by atoms with Crippen molar-refractivity contribution in [1.82, 2.24) is 5.32 Å². The molecule has 1 aliphatic rings. The topological polar surface area (TPSA) is 21.3 Å². The predicted octanol–water partition coefficient (Wildman–Crippen LogP) is 3.74. The SMILES string of the molecule is COc1ccc(Br)cc1CNC(C)CC1CC1. The Hall–Kier alpha value is -0.540. The van der Waals surface area contributed by atoms with Crippen molar-refractivity contribution in [2.45, 2.75) is 38.8 Å². The van der Waals surface area contributed by atoms with Gasteiger partial charge >= 0.3 is 0 Å². The van der Waals surface area contributed by atoms with Gasteiger partial charge in [-0.3, -0.25) is 0 Å². The van der Waals surface area contributed by atoms with E-state index in [1.165, 1.54) is 24.8 Å². The van der Waals surface area contributed by atoms with Gasteiger partial charge in [0.05, 0.1) is 7.11 Å². The minimum atomic E-state index is 0.589. The Balaban J connectivity index is 1.89. The quantitative estimate of drug-likeness (QED) is 0.864. The standard InChI is InChI=1S/C14H20BrNO/c1-10(7-11-3-4-11)16-9-12-8-13(15)5-6-14(12)17-2/h5-6,8,10-11,16H,3-4,7,9H2,1-2H3. The highest BCUT2D eigenvalue weighted by atomic mass is 79.9. The zero-order chi connectivity index (χ0) is 12.3. The van der Waals surface area contributed by atoms with E-state index < -0.39 is 0 Å². The zero-order valence-electron chi connectivity index (χ0n) is 10.5. The summed E-state index contributed by atoms with van der Waals surface area (Å²) in [7, 11) is 1.72. The fourth-order valence-electron chi connectivity index (χ4n) is 2.11. The first-order chi connectivity index (χ1) is 8.19. The highest BCUT2D eigenvalue weighted by molar-refractivity contribution is 9.10. The van der Waals surface area contributed by atoms with Gasteiger partial charge in [-0.05, 0) is 37.5 Å². The molecule has 1 atom stereocenters. The van der Waals surface area contributed by atoms with Gasteiger partial charge in [-0.2, -0.15) is 0 Å². The molecule has 0 saturated heterocycles. The van der Waals surface area contributed by atoms with Crippen LogP contribution < -0.4 is 10.1 Å². The number of ether oxygens (including phenoxy) is 1. The maximum absolute atomic E-state index is 5.37. The summed E-state index contributed by atoms with van der Waals surface area (Å²) in [4.78, 5) is 0. The maximum atomic E-state index is 5.37. The highest BCUT2D eigenvalue weighted by Gasteiger charge is 2.23. The van der Waals surface area contributed by atoms with Crippen molar-refractivity contribution < 1.29 is 4.74 Å². The summed E-state index contributed by atoms with van der Waals surface area (Å²) in [6.07, 6.45) is 4.15. The molecule has 1 unspecified atom stereocenters. The van der Waals surface area contributed by atoms with E-state index in [0.717, 1.165) is 22.7 Å². The van der Waals surface area contributed by atoms with Crippen LogP contribution in [0.4, 0.5) is 0 Å². The van der Waals surface area contributed by atoms with Crippen molar-refractivity contribution in [2.75, 3.05) is 7.11 Å². The van der Waals surface area contributed by atoms with E-state index in [1.807, 2.05) is 12.1 Å². The van der Waals surface area contributed by atoms with Crippen LogP contribution in [-0.4, -0.2) is 13.2 Å². The molecule has 94 valence electrons. The summed E-state index contributed by atoms with van der Waals surface area (Å²) in [6.45, 7) is 3.14. The molecule has 1 aliphatic carbocycles. The minimum Gasteiger partial charge on any atom is -0.496 e. The third kappa shape index (κ3) is 4.00. The Labute approximate surface area is 112 Å². The van der Waals surface area contributed by atoms with Gasteiger partial charge in [0.15, 0.2) is 0 Å². The third-order valence-corrected chi connectivity index (χ3v) is 3.76. The number of halogens is 1. The molecule has 3 heteroatoms. The lowest BCUT2D eigenvalue weighted by atomic mass is 10.1. The Kier molecular flexibility index (Phi) is 4.46. The van der Waals surface area contributed by atoms with Crippen LogP contribution in [0.3, 0.4) is 0 Å². The van der Waals surface area contributed by atoms with Crippen molar-refractivity contribution in [3.8, 4) is 5.75 Å². The van der Waals surface area contributed by atoms with Crippen molar-refractivity contribution in [3.05, 3.63) is 28.2 Å². The van der Waals surface area contributed by atoms with Gasteiger partial charge in [0.2, 0.25) is 0 Å². The number of hydrogen-bond donors (Lipinski definition) is 1. The molecular weight excluding hydrogens is 278 g/mol. The van der Waals surface area contributed by atoms with E-state index in [1.54, 1.807) is 7.11 Å². The molecular formula is C14H20BrNO. The van der Waals surface area contributed by atoms with Gasteiger partial charge in [-0.15, -0.1) is 0 Å². The summed E-state index contributed by atoms with van der Waals surface area (Å²) in [5.74, 6) is 1.93. The number of hydrogen-bond acceptors (Lipinski definition) is 2. The largest absolute Gasteiger partial charge is 0.496 e. The van der Waals surface area contributed by atoms with Crippen molar-refractivity contribution >= 4 is 15.9 Å². The molecule has 17 heavy (non-hydrogen) atoms. The van der Waals surface area contributed by atoms with Gasteiger partial charge in [0.25, 0.3) is 0 Å². The molecule has 2 rings (SSSR count). The van der Waals surface area contributed by atoms with E-state index in [2.05, 4.69) is 34.2 Å². The summed E-state index contributed by atoms with van der Waals surface area (Å²) >= 11 is 3.50. The number of nitrogens with one attached hydrogen (secondary N) is 1. The fourth-order valence-corrected chi connectivity index (χ4v) is 2.51. The van der Waals surface area contributed by atoms with Gasteiger partial charge in [-0.1, -0.05) is 28.8 Å². The van der Waals surface area contributed by atoms with Crippen LogP contribution >= 0.6 is 15.9 Å². The summed E-state index contributed by atoms with van der Waals surface area (Å²) in [5, 5.41) is 3.57. The Morgan fingerprint density at radius 3 is 2.88 bits per heavy atom. The van der Waals surface area contributed by atoms with Gasteiger partial charge < -0.3 is 10.1 Å². The predicted molar refractivity (Wildman–Crippen MR) is 74.3 cm³/mol. The smallest absolute Gasteiger partial charge is 0.123 e. The lowest BCUT2D eigenvalue weighted by Gasteiger charge is -2.15. The molecule has 1 N–H and O–H groups in total. The highest BCUT2D eigenvalue weighted by Crippen LogP contribution is 2.33. The van der Waals surface area contributed by atoms with E-state index in [-0.39, 0.29) is 0 Å². The third-order valence-electron chi connectivity index (χ3n) is 3.27. The van der Waals surface area contributed by atoms with Crippen LogP contribution in [0.2, 0.25) is 0 Å². The second-order valence-electron chi connectivity index (χ2n) is 4.92. The van der Waals surface area contributed by atoms with Crippen molar-refractivity contribution in [3.63, 3.8) is 0 Å². The number of benzene rings is 1. The van der Waals surface area contributed by atoms with Crippen LogP contribution in [0.25, 0.3) is 0 Å². The molecule has 0 aliphatic heterocycles. The summed E-state index contributed by atoms with van der Waals surface area (Å²) in [5.41, 5.74) is 1.21. The molecule has 1 aromatic carbocycles. The van der Waals surface area contributed by atoms with E-state index in [0.29, 0.717) is 6.04 Å². The van der Waals surface area contributed by atoms with E-state index >= 15 is 0 Å². The zero-order valence-corrected chi connectivity index (χ0v) is 12.1. The molecule has 0 amide bonds.